The first kappa shape index (κ1) is 30.5. The van der Waals surface area contributed by atoms with Gasteiger partial charge in [-0.3, -0.25) is 14.5 Å². The van der Waals surface area contributed by atoms with Gasteiger partial charge in [-0.1, -0.05) is 6.07 Å². The Hall–Kier alpha value is -5.46. The molecule has 0 aliphatic rings. The van der Waals surface area contributed by atoms with Gasteiger partial charge < -0.3 is 29.8 Å². The number of nitrogens with zero attached hydrogens (tertiary/aromatic N) is 5. The van der Waals surface area contributed by atoms with E-state index in [2.05, 4.69) is 20.0 Å². The number of anilines is 2. The first-order valence-corrected chi connectivity index (χ1v) is 13.5. The second kappa shape index (κ2) is 14.4. The van der Waals surface area contributed by atoms with Gasteiger partial charge in [0.1, 0.15) is 17.5 Å². The number of pyridine rings is 1. The second-order valence-electron chi connectivity index (χ2n) is 9.19. The number of esters is 1. The van der Waals surface area contributed by atoms with Crippen LogP contribution in [0.25, 0.3) is 11.0 Å². The van der Waals surface area contributed by atoms with Crippen LogP contribution in [0.2, 0.25) is 0 Å². The summed E-state index contributed by atoms with van der Waals surface area (Å²) in [4.78, 5) is 51.1. The number of aryl methyl sites for hydroxylation is 1. The van der Waals surface area contributed by atoms with Crippen molar-refractivity contribution in [2.75, 3.05) is 37.2 Å². The molecule has 0 aliphatic heterocycles. The van der Waals surface area contributed by atoms with Crippen molar-refractivity contribution in [2.24, 2.45) is 17.8 Å². The third kappa shape index (κ3) is 7.85. The maximum Gasteiger partial charge on any atom is 0.509 e. The molecule has 2 aromatic carbocycles. The number of amidine groups is 1. The van der Waals surface area contributed by atoms with Crippen LogP contribution in [0.3, 0.4) is 0 Å². The summed E-state index contributed by atoms with van der Waals surface area (Å²) in [5.41, 5.74) is 9.40. The summed E-state index contributed by atoms with van der Waals surface area (Å²) in [5.74, 6) is 0.739. The van der Waals surface area contributed by atoms with Gasteiger partial charge in [0.05, 0.1) is 37.7 Å². The molecule has 0 saturated carbocycles. The molecule has 0 saturated heterocycles. The summed E-state index contributed by atoms with van der Waals surface area (Å²) < 4.78 is 16.1. The predicted octanol–water partition coefficient (Wildman–Crippen LogP) is 3.63. The van der Waals surface area contributed by atoms with Crippen molar-refractivity contribution in [2.45, 2.75) is 19.9 Å². The molecule has 13 nitrogen and oxygen atoms in total. The molecular formula is C30H33N7O6. The van der Waals surface area contributed by atoms with Crippen molar-refractivity contribution >= 4 is 46.4 Å². The van der Waals surface area contributed by atoms with Gasteiger partial charge in [0, 0.05) is 36.6 Å². The second-order valence-corrected chi connectivity index (χ2v) is 9.19. The number of hydrogen-bond acceptors (Lipinski definition) is 10. The molecule has 13 heteroatoms. The lowest BCUT2D eigenvalue weighted by atomic mass is 10.1. The number of nitrogens with two attached hydrogens (primary N) is 1. The van der Waals surface area contributed by atoms with Crippen molar-refractivity contribution in [1.82, 2.24) is 14.5 Å². The minimum atomic E-state index is -0.835. The Balaban J connectivity index is 1.45. The largest absolute Gasteiger partial charge is 0.509 e. The molecule has 1 amide bonds. The third-order valence-electron chi connectivity index (χ3n) is 6.45. The van der Waals surface area contributed by atoms with Gasteiger partial charge in [0.25, 0.3) is 5.91 Å². The molecule has 0 aliphatic carbocycles. The summed E-state index contributed by atoms with van der Waals surface area (Å²) >= 11 is 0. The number of rotatable bonds is 12. The van der Waals surface area contributed by atoms with Crippen molar-refractivity contribution in [1.29, 1.82) is 0 Å². The number of aromatic nitrogens is 3. The third-order valence-corrected chi connectivity index (χ3v) is 6.45. The van der Waals surface area contributed by atoms with Crippen LogP contribution in [0.15, 0.2) is 71.9 Å². The Morgan fingerprint density at radius 3 is 2.51 bits per heavy atom. The molecule has 0 fully saturated rings. The number of nitrogens with one attached hydrogen (secondary N) is 1. The predicted molar refractivity (Wildman–Crippen MR) is 161 cm³/mol. The van der Waals surface area contributed by atoms with E-state index in [1.54, 1.807) is 55.6 Å². The van der Waals surface area contributed by atoms with Gasteiger partial charge in [-0.25, -0.2) is 19.8 Å². The smallest absolute Gasteiger partial charge is 0.466 e. The van der Waals surface area contributed by atoms with E-state index in [0.717, 1.165) is 17.0 Å². The molecule has 0 radical (unpaired) electrons. The van der Waals surface area contributed by atoms with E-state index in [9.17, 15) is 14.4 Å². The van der Waals surface area contributed by atoms with Gasteiger partial charge in [-0.2, -0.15) is 0 Å². The summed E-state index contributed by atoms with van der Waals surface area (Å²) in [6, 6.07) is 17.9. The van der Waals surface area contributed by atoms with E-state index in [1.165, 1.54) is 12.0 Å². The highest BCUT2D eigenvalue weighted by molar-refractivity contribution is 6.07. The van der Waals surface area contributed by atoms with Gasteiger partial charge in [-0.05, 0) is 61.5 Å². The fourth-order valence-corrected chi connectivity index (χ4v) is 4.21. The summed E-state index contributed by atoms with van der Waals surface area (Å²) in [5, 5.41) is 3.33. The Morgan fingerprint density at radius 2 is 1.81 bits per heavy atom. The minimum absolute atomic E-state index is 0.0436. The lowest BCUT2D eigenvalue weighted by molar-refractivity contribution is -0.142. The van der Waals surface area contributed by atoms with Crippen molar-refractivity contribution in [3.05, 3.63) is 83.8 Å². The summed E-state index contributed by atoms with van der Waals surface area (Å²) in [7, 11) is 3.12. The van der Waals surface area contributed by atoms with E-state index in [-0.39, 0.29) is 44.0 Å². The van der Waals surface area contributed by atoms with Gasteiger partial charge in [0.2, 0.25) is 0 Å². The molecule has 43 heavy (non-hydrogen) atoms. The molecule has 2 heterocycles. The number of ether oxygens (including phenoxy) is 3. The maximum absolute atomic E-state index is 13.6. The van der Waals surface area contributed by atoms with Gasteiger partial charge in [0.15, 0.2) is 6.73 Å². The molecule has 3 N–H and O–H groups in total. The molecule has 4 rings (SSSR count). The van der Waals surface area contributed by atoms with Crippen LogP contribution < -0.4 is 16.0 Å². The van der Waals surface area contributed by atoms with Crippen LogP contribution in [0, 0.1) is 0 Å². The number of hydrogen-bond donors (Lipinski definition) is 2. The fraction of sp³-hybridized carbons (Fsp3) is 0.267. The maximum atomic E-state index is 13.6. The van der Waals surface area contributed by atoms with Crippen LogP contribution in [-0.4, -0.2) is 65.4 Å². The zero-order valence-corrected chi connectivity index (χ0v) is 24.1. The van der Waals surface area contributed by atoms with E-state index in [0.29, 0.717) is 29.0 Å². The van der Waals surface area contributed by atoms with E-state index in [1.807, 2.05) is 29.8 Å². The monoisotopic (exact) mass is 587 g/mol. The van der Waals surface area contributed by atoms with Crippen LogP contribution in [0.5, 0.6) is 0 Å². The Bertz CT molecular complexity index is 1600. The molecule has 0 unspecified atom stereocenters. The Labute approximate surface area is 248 Å². The number of carbonyl (C=O) groups is 3. The van der Waals surface area contributed by atoms with Crippen LogP contribution >= 0.6 is 0 Å². The van der Waals surface area contributed by atoms with E-state index < -0.39 is 6.16 Å². The van der Waals surface area contributed by atoms with Crippen molar-refractivity contribution < 1.29 is 28.6 Å². The standard InChI is InChI=1S/C30H33N7O6/c1-4-42-27(38)14-16-37(25-7-5-6-15-32-25)29(39)21-10-13-24-23(17-21)35-26(36(24)2)18-33-22-11-8-20(9-12-22)28(31)34-19-43-30(40)41-3/h5-13,15,17,33H,4,14,16,18-19H2,1-3H3,(H2,31,34). The van der Waals surface area contributed by atoms with E-state index in [4.69, 9.17) is 20.2 Å². The average molecular weight is 588 g/mol. The molecule has 4 aromatic rings. The SMILES string of the molecule is CCOC(=O)CCN(C(=O)c1ccc2c(c1)nc(CNc1ccc(/C(N)=N\COC(=O)OC)cc1)n2C)c1ccccn1. The minimum Gasteiger partial charge on any atom is -0.466 e. The van der Waals surface area contributed by atoms with Crippen LogP contribution in [-0.2, 0) is 32.6 Å². The normalized spacial score (nSPS) is 11.2. The van der Waals surface area contributed by atoms with E-state index >= 15 is 0 Å². The summed E-state index contributed by atoms with van der Waals surface area (Å²) in [6.45, 7) is 2.32. The lowest BCUT2D eigenvalue weighted by Gasteiger charge is -2.21. The number of amides is 1. The zero-order valence-electron chi connectivity index (χ0n) is 24.1. The Morgan fingerprint density at radius 1 is 1.05 bits per heavy atom. The number of carbonyl (C=O) groups excluding carboxylic acids is 3. The number of imidazole rings is 1. The molecule has 0 spiro atoms. The molecule has 224 valence electrons. The molecule has 0 atom stereocenters. The highest BCUT2D eigenvalue weighted by Gasteiger charge is 2.21. The van der Waals surface area contributed by atoms with Crippen molar-refractivity contribution in [3.8, 4) is 0 Å². The molecular weight excluding hydrogens is 554 g/mol. The number of fused-ring (bicyclic) bond motifs is 1. The topological polar surface area (TPSA) is 163 Å². The molecule has 0 bridgehead atoms. The fourth-order valence-electron chi connectivity index (χ4n) is 4.21. The summed E-state index contributed by atoms with van der Waals surface area (Å²) in [6.07, 6.45) is 0.806. The van der Waals surface area contributed by atoms with Crippen LogP contribution in [0.1, 0.15) is 35.1 Å². The first-order chi connectivity index (χ1) is 20.8. The van der Waals surface area contributed by atoms with Crippen LogP contribution in [0.4, 0.5) is 16.3 Å². The zero-order chi connectivity index (χ0) is 30.8. The number of methoxy groups -OCH3 is 1. The number of benzene rings is 2. The highest BCUT2D eigenvalue weighted by atomic mass is 16.7. The first-order valence-electron chi connectivity index (χ1n) is 13.5. The van der Waals surface area contributed by atoms with Crippen molar-refractivity contribution in [3.63, 3.8) is 0 Å². The Kier molecular flexibility index (Phi) is 10.2. The number of aliphatic imine (C=N–C) groups is 1. The lowest BCUT2D eigenvalue weighted by Crippen LogP contribution is -2.34. The quantitative estimate of drug-likeness (QED) is 0.142. The van der Waals surface area contributed by atoms with Gasteiger partial charge in [-0.15, -0.1) is 0 Å². The average Bonchev–Trinajstić information content (AvgIpc) is 3.35. The molecule has 2 aromatic heterocycles. The highest BCUT2D eigenvalue weighted by Crippen LogP contribution is 2.21. The van der Waals surface area contributed by atoms with Gasteiger partial charge >= 0.3 is 12.1 Å².